The molecule has 1 atom stereocenters. The van der Waals surface area contributed by atoms with Crippen molar-refractivity contribution in [2.75, 3.05) is 6.54 Å². The lowest BCUT2D eigenvalue weighted by atomic mass is 10.0. The van der Waals surface area contributed by atoms with Gasteiger partial charge < -0.3 is 16.6 Å². The predicted octanol–water partition coefficient (Wildman–Crippen LogP) is 2.16. The first-order valence-corrected chi connectivity index (χ1v) is 5.37. The Labute approximate surface area is 96.2 Å². The van der Waals surface area contributed by atoms with Crippen LogP contribution in [0.3, 0.4) is 0 Å². The Morgan fingerprint density at radius 3 is 2.71 bits per heavy atom. The van der Waals surface area contributed by atoms with Gasteiger partial charge in [-0.15, -0.1) is 0 Å². The fourth-order valence-electron chi connectivity index (χ4n) is 1.19. The van der Waals surface area contributed by atoms with Crippen LogP contribution in [-0.2, 0) is 0 Å². The van der Waals surface area contributed by atoms with E-state index in [2.05, 4.69) is 15.9 Å². The molecule has 0 saturated heterocycles. The molecule has 78 valence electrons. The van der Waals surface area contributed by atoms with Gasteiger partial charge in [-0.2, -0.15) is 0 Å². The normalized spacial score (nSPS) is 12.9. The molecule has 1 aromatic rings. The lowest BCUT2D eigenvalue weighted by Crippen LogP contribution is -2.15. The Balaban J connectivity index is 3.04. The second kappa shape index (κ2) is 4.98. The standard InChI is InChI=1S/C9H12BrClN2O/c10-8-6(11)2-1-5(9(8)14)7(13)3-4-12/h1-2,7,14H,3-4,12-13H2/t7-/m0/s1. The van der Waals surface area contributed by atoms with Gasteiger partial charge >= 0.3 is 0 Å². The summed E-state index contributed by atoms with van der Waals surface area (Å²) >= 11 is 8.98. The summed E-state index contributed by atoms with van der Waals surface area (Å²) in [6.45, 7) is 0.487. The van der Waals surface area contributed by atoms with Crippen molar-refractivity contribution in [1.29, 1.82) is 0 Å². The molecule has 0 heterocycles. The smallest absolute Gasteiger partial charge is 0.136 e. The Bertz CT molecular complexity index is 333. The van der Waals surface area contributed by atoms with Crippen LogP contribution in [0.4, 0.5) is 0 Å². The van der Waals surface area contributed by atoms with Crippen LogP contribution in [-0.4, -0.2) is 11.7 Å². The Hall–Kier alpha value is -0.290. The van der Waals surface area contributed by atoms with E-state index in [9.17, 15) is 5.11 Å². The van der Waals surface area contributed by atoms with E-state index in [0.717, 1.165) is 0 Å². The molecule has 1 aromatic carbocycles. The number of rotatable bonds is 3. The minimum absolute atomic E-state index is 0.0958. The monoisotopic (exact) mass is 278 g/mol. The lowest BCUT2D eigenvalue weighted by Gasteiger charge is -2.13. The van der Waals surface area contributed by atoms with E-state index in [-0.39, 0.29) is 11.8 Å². The van der Waals surface area contributed by atoms with Crippen LogP contribution in [0.5, 0.6) is 5.75 Å². The number of benzene rings is 1. The third-order valence-corrected chi connectivity index (χ3v) is 3.32. The third-order valence-electron chi connectivity index (χ3n) is 1.98. The van der Waals surface area contributed by atoms with Crippen LogP contribution in [0.2, 0.25) is 5.02 Å². The summed E-state index contributed by atoms with van der Waals surface area (Å²) in [5.74, 6) is 0.0958. The SMILES string of the molecule is NCC[C@H](N)c1ccc(Cl)c(Br)c1O. The molecule has 5 N–H and O–H groups in total. The Morgan fingerprint density at radius 2 is 2.14 bits per heavy atom. The second-order valence-corrected chi connectivity index (χ2v) is 4.18. The molecule has 0 aromatic heterocycles. The van der Waals surface area contributed by atoms with E-state index >= 15 is 0 Å². The zero-order valence-electron chi connectivity index (χ0n) is 7.50. The third kappa shape index (κ3) is 2.39. The van der Waals surface area contributed by atoms with E-state index in [1.165, 1.54) is 0 Å². The highest BCUT2D eigenvalue weighted by molar-refractivity contribution is 9.10. The summed E-state index contributed by atoms with van der Waals surface area (Å²) in [6.07, 6.45) is 0.627. The van der Waals surface area contributed by atoms with Gasteiger partial charge in [0.05, 0.1) is 9.50 Å². The van der Waals surface area contributed by atoms with E-state index < -0.39 is 0 Å². The van der Waals surface area contributed by atoms with Crippen molar-refractivity contribution in [3.8, 4) is 5.75 Å². The summed E-state index contributed by atoms with van der Waals surface area (Å²) in [5.41, 5.74) is 11.9. The van der Waals surface area contributed by atoms with Crippen molar-refractivity contribution in [3.63, 3.8) is 0 Å². The van der Waals surface area contributed by atoms with Crippen molar-refractivity contribution < 1.29 is 5.11 Å². The average Bonchev–Trinajstić information content (AvgIpc) is 2.15. The molecule has 0 radical (unpaired) electrons. The summed E-state index contributed by atoms with van der Waals surface area (Å²) in [4.78, 5) is 0. The average molecular weight is 280 g/mol. The zero-order chi connectivity index (χ0) is 10.7. The maximum absolute atomic E-state index is 9.72. The molecule has 14 heavy (non-hydrogen) atoms. The highest BCUT2D eigenvalue weighted by Crippen LogP contribution is 2.37. The molecule has 0 bridgehead atoms. The Kier molecular flexibility index (Phi) is 4.19. The summed E-state index contributed by atoms with van der Waals surface area (Å²) in [5, 5.41) is 10.2. The largest absolute Gasteiger partial charge is 0.506 e. The summed E-state index contributed by atoms with van der Waals surface area (Å²) in [6, 6.07) is 3.15. The van der Waals surface area contributed by atoms with E-state index in [0.29, 0.717) is 28.0 Å². The molecule has 0 aliphatic heterocycles. The lowest BCUT2D eigenvalue weighted by molar-refractivity contribution is 0.456. The quantitative estimate of drug-likeness (QED) is 0.794. The maximum Gasteiger partial charge on any atom is 0.136 e. The van der Waals surface area contributed by atoms with E-state index in [4.69, 9.17) is 23.1 Å². The first-order valence-electron chi connectivity index (χ1n) is 4.20. The Morgan fingerprint density at radius 1 is 1.50 bits per heavy atom. The van der Waals surface area contributed by atoms with Gasteiger partial charge in [0.15, 0.2) is 0 Å². The predicted molar refractivity (Wildman–Crippen MR) is 61.4 cm³/mol. The topological polar surface area (TPSA) is 72.3 Å². The minimum atomic E-state index is -0.256. The van der Waals surface area contributed by atoms with Crippen LogP contribution in [0.1, 0.15) is 18.0 Å². The zero-order valence-corrected chi connectivity index (χ0v) is 9.85. The summed E-state index contributed by atoms with van der Waals surface area (Å²) < 4.78 is 0.476. The van der Waals surface area contributed by atoms with Gasteiger partial charge in [0.2, 0.25) is 0 Å². The van der Waals surface area contributed by atoms with E-state index in [1.54, 1.807) is 12.1 Å². The van der Waals surface area contributed by atoms with Gasteiger partial charge in [-0.3, -0.25) is 0 Å². The van der Waals surface area contributed by atoms with Gasteiger partial charge in [-0.05, 0) is 35.0 Å². The summed E-state index contributed by atoms with van der Waals surface area (Å²) in [7, 11) is 0. The van der Waals surface area contributed by atoms with Gasteiger partial charge in [0.25, 0.3) is 0 Å². The van der Waals surface area contributed by atoms with Gasteiger partial charge in [-0.1, -0.05) is 17.7 Å². The number of phenolic OH excluding ortho intramolecular Hbond substituents is 1. The maximum atomic E-state index is 9.72. The first kappa shape index (κ1) is 11.8. The molecule has 0 fully saturated rings. The van der Waals surface area contributed by atoms with Crippen molar-refractivity contribution in [1.82, 2.24) is 0 Å². The number of nitrogens with two attached hydrogens (primary N) is 2. The van der Waals surface area contributed by atoms with Crippen LogP contribution in [0.15, 0.2) is 16.6 Å². The molecule has 1 rings (SSSR count). The number of halogens is 2. The molecule has 0 aliphatic rings. The molecule has 3 nitrogen and oxygen atoms in total. The van der Waals surface area contributed by atoms with Crippen LogP contribution in [0.25, 0.3) is 0 Å². The fourth-order valence-corrected chi connectivity index (χ4v) is 1.70. The van der Waals surface area contributed by atoms with Gasteiger partial charge in [0.1, 0.15) is 5.75 Å². The van der Waals surface area contributed by atoms with Crippen molar-refractivity contribution in [3.05, 3.63) is 27.2 Å². The van der Waals surface area contributed by atoms with Gasteiger partial charge in [-0.25, -0.2) is 0 Å². The molecule has 0 amide bonds. The molecule has 0 spiro atoms. The molecule has 0 saturated carbocycles. The first-order chi connectivity index (χ1) is 6.57. The number of phenols is 1. The van der Waals surface area contributed by atoms with Crippen LogP contribution >= 0.6 is 27.5 Å². The van der Waals surface area contributed by atoms with Crippen molar-refractivity contribution >= 4 is 27.5 Å². The molecular weight excluding hydrogens is 267 g/mol. The minimum Gasteiger partial charge on any atom is -0.506 e. The molecule has 5 heteroatoms. The highest BCUT2D eigenvalue weighted by Gasteiger charge is 2.14. The van der Waals surface area contributed by atoms with Gasteiger partial charge in [0, 0.05) is 11.6 Å². The number of aromatic hydroxyl groups is 1. The molecular formula is C9H12BrClN2O. The van der Waals surface area contributed by atoms with Crippen LogP contribution < -0.4 is 11.5 Å². The number of hydrogen-bond donors (Lipinski definition) is 3. The van der Waals surface area contributed by atoms with Crippen molar-refractivity contribution in [2.24, 2.45) is 11.5 Å². The van der Waals surface area contributed by atoms with Crippen LogP contribution in [0, 0.1) is 0 Å². The number of hydrogen-bond acceptors (Lipinski definition) is 3. The highest BCUT2D eigenvalue weighted by atomic mass is 79.9. The second-order valence-electron chi connectivity index (χ2n) is 2.98. The molecule has 0 unspecified atom stereocenters. The fraction of sp³-hybridized carbons (Fsp3) is 0.333. The molecule has 0 aliphatic carbocycles. The van der Waals surface area contributed by atoms with Crippen molar-refractivity contribution in [2.45, 2.75) is 12.5 Å². The van der Waals surface area contributed by atoms with E-state index in [1.807, 2.05) is 0 Å².